The fraction of sp³-hybridized carbons (Fsp3) is 0.188. The molecule has 2 aromatic heterocycles. The highest BCUT2D eigenvalue weighted by Gasteiger charge is 2.43. The number of halogens is 15. The van der Waals surface area contributed by atoms with E-state index in [1.165, 1.54) is 106 Å². The predicted molar refractivity (Wildman–Crippen MR) is 311 cm³/mol. The van der Waals surface area contributed by atoms with E-state index in [0.717, 1.165) is 24.3 Å². The maximum atomic E-state index is 17.2. The van der Waals surface area contributed by atoms with Crippen LogP contribution in [0, 0.1) is 87.3 Å². The maximum absolute atomic E-state index is 17.2. The van der Waals surface area contributed by atoms with Gasteiger partial charge in [-0.2, -0.15) is 0 Å². The molecule has 2 heterocycles. The lowest BCUT2D eigenvalue weighted by Gasteiger charge is -2.21. The smallest absolute Gasteiger partial charge is 0.346 e. The third-order valence-electron chi connectivity index (χ3n) is 16.2. The van der Waals surface area contributed by atoms with Crippen molar-refractivity contribution in [2.75, 3.05) is 26.4 Å². The predicted octanol–water partition coefficient (Wildman–Crippen LogP) is 15.7. The molecule has 5 aliphatic carbocycles. The summed E-state index contributed by atoms with van der Waals surface area (Å²) < 4.78 is 268. The van der Waals surface area contributed by atoms with Crippen LogP contribution in [-0.2, 0) is 52.2 Å². The van der Waals surface area contributed by atoms with Crippen LogP contribution in [-0.4, -0.2) is 59.4 Å². The summed E-state index contributed by atoms with van der Waals surface area (Å²) in [5, 5.41) is 0. The summed E-state index contributed by atoms with van der Waals surface area (Å²) in [5.74, 6) is -43.4. The molecule has 0 atom stereocenters. The Morgan fingerprint density at radius 2 is 0.691 bits per heavy atom. The molecule has 0 saturated carbocycles. The zero-order valence-corrected chi connectivity index (χ0v) is 49.8. The number of fused-ring (bicyclic) bond motifs is 15. The fourth-order valence-electron chi connectivity index (χ4n) is 12.4. The highest BCUT2D eigenvalue weighted by Crippen LogP contribution is 2.58. The van der Waals surface area contributed by atoms with Gasteiger partial charge < -0.3 is 28.1 Å². The van der Waals surface area contributed by atoms with Crippen molar-refractivity contribution in [1.82, 2.24) is 9.13 Å². The number of aromatic nitrogens is 2. The quantitative estimate of drug-likeness (QED) is 0.0184. The first kappa shape index (κ1) is 65.2. The normalized spacial score (nSPS) is 15.0. The number of allylic oxidation sites excluding steroid dienone is 18. The molecule has 0 radical (unpaired) electrons. The minimum atomic E-state index is -2.67. The highest BCUT2D eigenvalue weighted by atomic mass is 19.2. The van der Waals surface area contributed by atoms with Crippen molar-refractivity contribution < 1.29 is 104 Å². The van der Waals surface area contributed by atoms with Gasteiger partial charge in [-0.05, 0) is 125 Å². The number of ether oxygens (including phenoxy) is 4. The zero-order chi connectivity index (χ0) is 68.0. The summed E-state index contributed by atoms with van der Waals surface area (Å²) >= 11 is 0. The fourth-order valence-corrected chi connectivity index (χ4v) is 12.4. The number of hydrogen-bond acceptors (Lipinski definition) is 8. The van der Waals surface area contributed by atoms with Crippen LogP contribution in [0.4, 0.5) is 65.9 Å². The summed E-state index contributed by atoms with van der Waals surface area (Å²) in [7, 11) is 2.66. The van der Waals surface area contributed by atoms with Crippen molar-refractivity contribution in [3.63, 3.8) is 0 Å². The lowest BCUT2D eigenvalue weighted by molar-refractivity contribution is -0.148. The standard InChI is InChI=1S/C69H45F15N2O8/c1-7-91-66(87)49(67(88)92-8-2)41-27-12-11-13-28(18-27)42(50(68(89)93-9-3)69(90)94-10-4)30-15-17-32(20-30)44(47-53(72)59(78)64(83)60(79)54(47)73)34-22-36(40-26-86(6)24-38(34)40)45(48-55(74)61(80)65(84)62(81)56(48)75)35-21-33(37-23-85(5)25-39(35)37)43(31-16-14-29(41)19-31)46-51(70)57(76)63(82)58(77)52(46)71/h11-18,21,23-26H,7-10,19-20,22H2,1-6H3. The van der Waals surface area contributed by atoms with Crippen LogP contribution in [0.3, 0.4) is 0 Å². The van der Waals surface area contributed by atoms with Crippen LogP contribution in [0.15, 0.2) is 113 Å². The second kappa shape index (κ2) is 24.9. The number of benzene rings is 4. The van der Waals surface area contributed by atoms with Crippen molar-refractivity contribution in [2.24, 2.45) is 14.1 Å². The average Bonchev–Trinajstić information content (AvgIpc) is 1.55. The van der Waals surface area contributed by atoms with E-state index in [1.807, 2.05) is 0 Å². The number of esters is 4. The average molecular weight is 1320 g/mol. The molecule has 10 bridgehead atoms. The largest absolute Gasteiger partial charge is 0.462 e. The van der Waals surface area contributed by atoms with Crippen LogP contribution < -0.4 is 0 Å². The first-order valence-electron chi connectivity index (χ1n) is 28.6. The molecule has 0 N–H and O–H groups in total. The number of carbonyl (C=O) groups is 4. The van der Waals surface area contributed by atoms with E-state index in [1.54, 1.807) is 0 Å². The summed E-state index contributed by atoms with van der Waals surface area (Å²) in [5.41, 5.74) is -15.6. The van der Waals surface area contributed by atoms with Crippen molar-refractivity contribution >= 4 is 74.0 Å². The summed E-state index contributed by atoms with van der Waals surface area (Å²) in [4.78, 5) is 57.7. The van der Waals surface area contributed by atoms with Crippen LogP contribution in [0.25, 0.3) is 50.2 Å². The molecule has 0 spiro atoms. The molecule has 25 heteroatoms. The number of rotatable bonds is 11. The minimum absolute atomic E-state index is 0.202. The van der Waals surface area contributed by atoms with Crippen molar-refractivity contribution in [3.05, 3.63) is 250 Å². The molecule has 11 rings (SSSR count). The summed E-state index contributed by atoms with van der Waals surface area (Å²) in [6.07, 6.45) is 7.61. The molecule has 0 aliphatic heterocycles. The van der Waals surface area contributed by atoms with Gasteiger partial charge in [0, 0.05) is 78.7 Å². The third kappa shape index (κ3) is 10.4. The molecule has 5 aliphatic rings. The number of carbonyl (C=O) groups excluding carboxylic acids is 4. The highest BCUT2D eigenvalue weighted by molar-refractivity contribution is 6.27. The molecule has 4 aromatic carbocycles. The van der Waals surface area contributed by atoms with Gasteiger partial charge in [0.25, 0.3) is 0 Å². The molecule has 0 amide bonds. The Bertz CT molecular complexity index is 4660. The van der Waals surface area contributed by atoms with E-state index < -0.39 is 246 Å². The van der Waals surface area contributed by atoms with Gasteiger partial charge in [0.15, 0.2) is 81.0 Å². The monoisotopic (exact) mass is 1310 g/mol. The SMILES string of the molecule is CCOC(=O)C(C(=O)OCC)=C1C2=CC=C(C2)C(c2c(F)c(F)c(F)c(F)c2F)=C2C=C(C(c3c(F)c(F)c(F)c(F)c3F)=C3CC(=C(c4c(F)c(F)c(F)c(F)c4F)C4=CC=C(C4)C(=C(C(=O)OCC)C(=O)OCC)c4cccc1c4)c1cn(C)cc13)c1cn(C)cc12. The van der Waals surface area contributed by atoms with Crippen LogP contribution in [0.2, 0.25) is 0 Å². The molecule has 484 valence electrons. The molecular weight excluding hydrogens is 1270 g/mol. The van der Waals surface area contributed by atoms with E-state index >= 15 is 65.9 Å². The molecule has 0 saturated heterocycles. The molecular formula is C69H45F15N2O8. The summed E-state index contributed by atoms with van der Waals surface area (Å²) in [6, 6.07) is 5.05. The Hall–Kier alpha value is -10.3. The number of hydrogen-bond donors (Lipinski definition) is 0. The first-order valence-corrected chi connectivity index (χ1v) is 28.6. The Balaban J connectivity index is 1.38. The van der Waals surface area contributed by atoms with Gasteiger partial charge in [-0.1, -0.05) is 42.5 Å². The summed E-state index contributed by atoms with van der Waals surface area (Å²) in [6.45, 7) is 3.85. The van der Waals surface area contributed by atoms with Crippen LogP contribution in [0.1, 0.15) is 97.0 Å². The molecule has 6 aromatic rings. The maximum Gasteiger partial charge on any atom is 0.346 e. The van der Waals surface area contributed by atoms with Gasteiger partial charge >= 0.3 is 23.9 Å². The van der Waals surface area contributed by atoms with E-state index in [2.05, 4.69) is 0 Å². The number of nitrogens with zero attached hydrogens (tertiary/aromatic N) is 2. The Kier molecular flexibility index (Phi) is 17.3. The van der Waals surface area contributed by atoms with Gasteiger partial charge in [-0.15, -0.1) is 0 Å². The lowest BCUT2D eigenvalue weighted by Crippen LogP contribution is -2.21. The second-order valence-corrected chi connectivity index (χ2v) is 21.7. The van der Waals surface area contributed by atoms with E-state index in [0.29, 0.717) is 0 Å². The van der Waals surface area contributed by atoms with Gasteiger partial charge in [0.2, 0.25) is 17.5 Å². The van der Waals surface area contributed by atoms with Gasteiger partial charge in [-0.3, -0.25) is 0 Å². The van der Waals surface area contributed by atoms with E-state index in [-0.39, 0.29) is 44.5 Å². The third-order valence-corrected chi connectivity index (χ3v) is 16.2. The van der Waals surface area contributed by atoms with Crippen molar-refractivity contribution in [1.29, 1.82) is 0 Å². The Morgan fingerprint density at radius 1 is 0.383 bits per heavy atom. The van der Waals surface area contributed by atoms with Crippen molar-refractivity contribution in [2.45, 2.75) is 47.0 Å². The van der Waals surface area contributed by atoms with E-state index in [9.17, 15) is 19.2 Å². The second-order valence-electron chi connectivity index (χ2n) is 21.7. The molecule has 0 unspecified atom stereocenters. The minimum Gasteiger partial charge on any atom is -0.462 e. The molecule has 94 heavy (non-hydrogen) atoms. The zero-order valence-electron chi connectivity index (χ0n) is 49.8. The van der Waals surface area contributed by atoms with Gasteiger partial charge in [0.05, 0.1) is 43.1 Å². The van der Waals surface area contributed by atoms with Crippen LogP contribution in [0.5, 0.6) is 0 Å². The first-order chi connectivity index (χ1) is 44.7. The van der Waals surface area contributed by atoms with Crippen LogP contribution >= 0.6 is 0 Å². The Labute approximate surface area is 523 Å². The molecule has 10 nitrogen and oxygen atoms in total. The lowest BCUT2D eigenvalue weighted by atomic mass is 9.83. The molecule has 0 fully saturated rings. The Morgan fingerprint density at radius 3 is 1.07 bits per heavy atom. The van der Waals surface area contributed by atoms with Crippen molar-refractivity contribution in [3.8, 4) is 0 Å². The van der Waals surface area contributed by atoms with Gasteiger partial charge in [0.1, 0.15) is 0 Å². The number of aryl methyl sites for hydroxylation is 2. The van der Waals surface area contributed by atoms with E-state index in [4.69, 9.17) is 18.9 Å². The van der Waals surface area contributed by atoms with Gasteiger partial charge in [-0.25, -0.2) is 85.0 Å². The topological polar surface area (TPSA) is 115 Å².